The van der Waals surface area contributed by atoms with Crippen molar-refractivity contribution in [2.24, 2.45) is 28.1 Å². The topological polar surface area (TPSA) is 26.3 Å². The highest BCUT2D eigenvalue weighted by Gasteiger charge is 2.58. The van der Waals surface area contributed by atoms with Gasteiger partial charge in [0.15, 0.2) is 0 Å². The molecule has 0 amide bonds. The normalized spacial score (nSPS) is 46.2. The van der Waals surface area contributed by atoms with Crippen molar-refractivity contribution in [1.29, 1.82) is 0 Å². The van der Waals surface area contributed by atoms with E-state index >= 15 is 0 Å². The molecule has 0 spiro atoms. The van der Waals surface area contributed by atoms with Gasteiger partial charge in [-0.3, -0.25) is 4.79 Å². The number of allylic oxidation sites excluding steroid dienone is 3. The summed E-state index contributed by atoms with van der Waals surface area (Å²) in [5.74, 6) is 1.10. The Kier molecular flexibility index (Phi) is 4.01. The molecule has 0 unspecified atom stereocenters. The van der Waals surface area contributed by atoms with Crippen molar-refractivity contribution in [3.63, 3.8) is 0 Å². The molecule has 2 saturated carbocycles. The average Bonchev–Trinajstić information content (AvgIpc) is 2.53. The van der Waals surface area contributed by atoms with Gasteiger partial charge in [0.2, 0.25) is 0 Å². The number of fused-ring (bicyclic) bond motifs is 3. The number of hydrogen-bond acceptors (Lipinski definition) is 2. The van der Waals surface area contributed by atoms with Crippen LogP contribution in [0.25, 0.3) is 0 Å². The maximum absolute atomic E-state index is 12.5. The Morgan fingerprint density at radius 3 is 2.70 bits per heavy atom. The average molecular weight is 316 g/mol. The molecule has 2 nitrogen and oxygen atoms in total. The number of carbonyl (C=O) groups is 1. The van der Waals surface area contributed by atoms with Crippen LogP contribution in [0.3, 0.4) is 0 Å². The molecule has 23 heavy (non-hydrogen) atoms. The van der Waals surface area contributed by atoms with Gasteiger partial charge in [0, 0.05) is 0 Å². The molecule has 0 aromatic rings. The van der Waals surface area contributed by atoms with Gasteiger partial charge < -0.3 is 4.74 Å². The lowest BCUT2D eigenvalue weighted by Crippen LogP contribution is -2.53. The third-order valence-corrected chi connectivity index (χ3v) is 7.48. The van der Waals surface area contributed by atoms with Crippen molar-refractivity contribution >= 4 is 5.97 Å². The van der Waals surface area contributed by atoms with E-state index in [2.05, 4.69) is 39.5 Å². The smallest absolute Gasteiger partial charge is 0.311 e. The molecule has 0 bridgehead atoms. The van der Waals surface area contributed by atoms with Crippen molar-refractivity contribution in [1.82, 2.24) is 0 Å². The summed E-state index contributed by atoms with van der Waals surface area (Å²) in [7, 11) is 1.54. The highest BCUT2D eigenvalue weighted by Crippen LogP contribution is 2.63. The molecule has 3 aliphatic carbocycles. The Labute approximate surface area is 141 Å². The Balaban J connectivity index is 1.98. The number of ether oxygens (including phenoxy) is 1. The SMILES string of the molecule is C=C[C@@]1(C)CC=C2[C@H](CC[C@@H]3[C@](C)(C(=O)OC)CCC[C@@]23C)C1. The molecule has 0 radical (unpaired) electrons. The standard InChI is InChI=1S/C21H32O2/c1-6-19(2)13-10-16-15(14-19)8-9-17-20(16,3)11-7-12-21(17,4)18(22)23-5/h6,10,15,17H,1,7-9,11-14H2,2-5H3/t15-,17+,19+,20+,21-/m1/s1. The van der Waals surface area contributed by atoms with Crippen LogP contribution < -0.4 is 0 Å². The van der Waals surface area contributed by atoms with Gasteiger partial charge in [-0.2, -0.15) is 0 Å². The zero-order valence-electron chi connectivity index (χ0n) is 15.3. The molecule has 0 heterocycles. The zero-order chi connectivity index (χ0) is 16.9. The molecule has 3 rings (SSSR count). The van der Waals surface area contributed by atoms with E-state index < -0.39 is 0 Å². The summed E-state index contributed by atoms with van der Waals surface area (Å²) in [4.78, 5) is 12.5. The van der Waals surface area contributed by atoms with E-state index in [4.69, 9.17) is 4.74 Å². The van der Waals surface area contributed by atoms with Crippen molar-refractivity contribution in [3.8, 4) is 0 Å². The van der Waals surface area contributed by atoms with Gasteiger partial charge in [-0.15, -0.1) is 6.58 Å². The first kappa shape index (κ1) is 16.8. The van der Waals surface area contributed by atoms with Crippen LogP contribution in [-0.4, -0.2) is 13.1 Å². The molecule has 2 heteroatoms. The molecule has 0 N–H and O–H groups in total. The predicted octanol–water partition coefficient (Wildman–Crippen LogP) is 5.29. The van der Waals surface area contributed by atoms with Crippen LogP contribution in [0.15, 0.2) is 24.3 Å². The lowest BCUT2D eigenvalue weighted by Gasteiger charge is -2.58. The Morgan fingerprint density at radius 2 is 2.04 bits per heavy atom. The summed E-state index contributed by atoms with van der Waals surface area (Å²) >= 11 is 0. The number of hydrogen-bond donors (Lipinski definition) is 0. The van der Waals surface area contributed by atoms with Crippen molar-refractivity contribution in [2.45, 2.75) is 65.7 Å². The van der Waals surface area contributed by atoms with E-state index in [1.54, 1.807) is 12.7 Å². The lowest BCUT2D eigenvalue weighted by molar-refractivity contribution is -0.164. The van der Waals surface area contributed by atoms with E-state index in [1.165, 1.54) is 19.3 Å². The van der Waals surface area contributed by atoms with Gasteiger partial charge in [0.1, 0.15) is 0 Å². The van der Waals surface area contributed by atoms with Gasteiger partial charge >= 0.3 is 5.97 Å². The van der Waals surface area contributed by atoms with Gasteiger partial charge in [0.05, 0.1) is 12.5 Å². The molecule has 2 fully saturated rings. The summed E-state index contributed by atoms with van der Waals surface area (Å²) in [6, 6.07) is 0. The summed E-state index contributed by atoms with van der Waals surface area (Å²) in [5.41, 5.74) is 1.75. The third-order valence-electron chi connectivity index (χ3n) is 7.48. The first-order valence-corrected chi connectivity index (χ1v) is 9.22. The molecule has 0 aliphatic heterocycles. The second-order valence-corrected chi connectivity index (χ2v) is 8.93. The number of carbonyl (C=O) groups excluding carboxylic acids is 1. The van der Waals surface area contributed by atoms with Crippen LogP contribution in [0, 0.1) is 28.1 Å². The summed E-state index contributed by atoms with van der Waals surface area (Å²) in [5, 5.41) is 0. The first-order chi connectivity index (χ1) is 10.8. The molecule has 3 aliphatic rings. The fourth-order valence-corrected chi connectivity index (χ4v) is 6.09. The van der Waals surface area contributed by atoms with E-state index in [0.717, 1.165) is 25.7 Å². The Bertz CT molecular complexity index is 548. The molecule has 5 atom stereocenters. The van der Waals surface area contributed by atoms with E-state index in [0.29, 0.717) is 11.8 Å². The summed E-state index contributed by atoms with van der Waals surface area (Å²) < 4.78 is 5.20. The number of esters is 1. The Hall–Kier alpha value is -1.05. The van der Waals surface area contributed by atoms with Gasteiger partial charge in [0.25, 0.3) is 0 Å². The minimum absolute atomic E-state index is 0.000728. The molecular formula is C21H32O2. The van der Waals surface area contributed by atoms with Crippen LogP contribution in [0.4, 0.5) is 0 Å². The fraction of sp³-hybridized carbons (Fsp3) is 0.762. The van der Waals surface area contributed by atoms with Crippen LogP contribution in [0.1, 0.15) is 65.7 Å². The van der Waals surface area contributed by atoms with Crippen LogP contribution in [0.2, 0.25) is 0 Å². The summed E-state index contributed by atoms with van der Waals surface area (Å²) in [6.45, 7) is 11.0. The minimum Gasteiger partial charge on any atom is -0.469 e. The minimum atomic E-state index is -0.313. The van der Waals surface area contributed by atoms with Gasteiger partial charge in [-0.25, -0.2) is 0 Å². The molecular weight excluding hydrogens is 284 g/mol. The lowest BCUT2D eigenvalue weighted by atomic mass is 9.46. The maximum atomic E-state index is 12.5. The number of rotatable bonds is 2. The molecule has 0 aromatic carbocycles. The van der Waals surface area contributed by atoms with E-state index in [-0.39, 0.29) is 22.2 Å². The van der Waals surface area contributed by atoms with Gasteiger partial charge in [-0.1, -0.05) is 38.0 Å². The largest absolute Gasteiger partial charge is 0.469 e. The van der Waals surface area contributed by atoms with Crippen LogP contribution >= 0.6 is 0 Å². The van der Waals surface area contributed by atoms with E-state index in [1.807, 2.05) is 0 Å². The third kappa shape index (κ3) is 2.40. The summed E-state index contributed by atoms with van der Waals surface area (Å²) in [6.07, 6.45) is 12.7. The molecule has 128 valence electrons. The quantitative estimate of drug-likeness (QED) is 0.511. The van der Waals surface area contributed by atoms with Crippen molar-refractivity contribution in [3.05, 3.63) is 24.3 Å². The Morgan fingerprint density at radius 1 is 1.30 bits per heavy atom. The molecule has 0 saturated heterocycles. The second kappa shape index (κ2) is 5.50. The number of methoxy groups -OCH3 is 1. The highest BCUT2D eigenvalue weighted by molar-refractivity contribution is 5.77. The monoisotopic (exact) mass is 316 g/mol. The highest BCUT2D eigenvalue weighted by atomic mass is 16.5. The maximum Gasteiger partial charge on any atom is 0.311 e. The van der Waals surface area contributed by atoms with Crippen molar-refractivity contribution in [2.75, 3.05) is 7.11 Å². The zero-order valence-corrected chi connectivity index (χ0v) is 15.3. The van der Waals surface area contributed by atoms with Crippen LogP contribution in [0.5, 0.6) is 0 Å². The van der Waals surface area contributed by atoms with Crippen LogP contribution in [-0.2, 0) is 9.53 Å². The first-order valence-electron chi connectivity index (χ1n) is 9.22. The second-order valence-electron chi connectivity index (χ2n) is 8.93. The van der Waals surface area contributed by atoms with E-state index in [9.17, 15) is 4.79 Å². The predicted molar refractivity (Wildman–Crippen MR) is 93.9 cm³/mol. The molecule has 0 aromatic heterocycles. The van der Waals surface area contributed by atoms with Gasteiger partial charge in [-0.05, 0) is 68.1 Å². The van der Waals surface area contributed by atoms with Crippen molar-refractivity contribution < 1.29 is 9.53 Å². The fourth-order valence-electron chi connectivity index (χ4n) is 6.09.